The van der Waals surface area contributed by atoms with Gasteiger partial charge in [-0.25, -0.2) is 0 Å². The summed E-state index contributed by atoms with van der Waals surface area (Å²) in [7, 11) is 1.56. The Balaban J connectivity index is 2.56. The summed E-state index contributed by atoms with van der Waals surface area (Å²) in [5.41, 5.74) is -0.190. The van der Waals surface area contributed by atoms with Crippen molar-refractivity contribution >= 4 is 17.9 Å². The lowest BCUT2D eigenvalue weighted by Crippen LogP contribution is -2.30. The zero-order valence-corrected chi connectivity index (χ0v) is 11.5. The highest BCUT2D eigenvalue weighted by Gasteiger charge is 2.16. The van der Waals surface area contributed by atoms with Gasteiger partial charge in [0.05, 0.1) is 4.92 Å². The topological polar surface area (TPSA) is 108 Å². The first-order valence-corrected chi connectivity index (χ1v) is 6.20. The predicted molar refractivity (Wildman–Crippen MR) is 73.5 cm³/mol. The number of rotatable bonds is 9. The molecule has 0 bridgehead atoms. The van der Waals surface area contributed by atoms with Crippen molar-refractivity contribution in [3.8, 4) is 5.75 Å². The average Bonchev–Trinajstić information content (AvgIpc) is 2.49. The number of methoxy groups -OCH3 is 1. The molecule has 1 amide bonds. The number of nitrogens with zero attached hydrogens (tertiary/aromatic N) is 1. The van der Waals surface area contributed by atoms with Gasteiger partial charge in [0.15, 0.2) is 12.4 Å². The molecule has 0 unspecified atom stereocenters. The molecule has 1 N–H and O–H groups in total. The number of hydrogen-bond donors (Lipinski definition) is 1. The quantitative estimate of drug-likeness (QED) is 0.314. The van der Waals surface area contributed by atoms with Crippen molar-refractivity contribution < 1.29 is 24.0 Å². The SMILES string of the molecule is COCCCNC(=O)COc1ccc(C=O)cc1[N+](=O)[O-]. The van der Waals surface area contributed by atoms with E-state index in [1.807, 2.05) is 0 Å². The number of nitro benzene ring substituents is 1. The van der Waals surface area contributed by atoms with Gasteiger partial charge in [0.2, 0.25) is 0 Å². The predicted octanol–water partition coefficient (Wildman–Crippen LogP) is 0.939. The summed E-state index contributed by atoms with van der Waals surface area (Å²) < 4.78 is 9.95. The summed E-state index contributed by atoms with van der Waals surface area (Å²) >= 11 is 0. The van der Waals surface area contributed by atoms with E-state index in [0.29, 0.717) is 25.9 Å². The maximum Gasteiger partial charge on any atom is 0.311 e. The molecule has 1 aromatic rings. The van der Waals surface area contributed by atoms with Crippen molar-refractivity contribution in [1.29, 1.82) is 0 Å². The van der Waals surface area contributed by atoms with E-state index in [1.54, 1.807) is 7.11 Å². The molecule has 114 valence electrons. The molecule has 21 heavy (non-hydrogen) atoms. The highest BCUT2D eigenvalue weighted by molar-refractivity contribution is 5.79. The van der Waals surface area contributed by atoms with Crippen molar-refractivity contribution in [1.82, 2.24) is 5.32 Å². The van der Waals surface area contributed by atoms with Crippen LogP contribution in [0.3, 0.4) is 0 Å². The van der Waals surface area contributed by atoms with Crippen LogP contribution < -0.4 is 10.1 Å². The van der Waals surface area contributed by atoms with E-state index in [0.717, 1.165) is 6.07 Å². The smallest absolute Gasteiger partial charge is 0.311 e. The number of ether oxygens (including phenoxy) is 2. The van der Waals surface area contributed by atoms with E-state index in [-0.39, 0.29) is 29.5 Å². The van der Waals surface area contributed by atoms with Gasteiger partial charge in [-0.05, 0) is 18.6 Å². The standard InChI is InChI=1S/C13H16N2O6/c1-20-6-2-5-14-13(17)9-21-12-4-3-10(8-16)7-11(12)15(18)19/h3-4,7-8H,2,5-6,9H2,1H3,(H,14,17). The molecule has 0 aromatic heterocycles. The maximum atomic E-state index is 11.5. The number of benzene rings is 1. The molecule has 0 saturated heterocycles. The van der Waals surface area contributed by atoms with Crippen LogP contribution in [0.4, 0.5) is 5.69 Å². The van der Waals surface area contributed by atoms with Crippen LogP contribution in [-0.4, -0.2) is 44.0 Å². The fourth-order valence-corrected chi connectivity index (χ4v) is 1.51. The van der Waals surface area contributed by atoms with E-state index < -0.39 is 4.92 Å². The lowest BCUT2D eigenvalue weighted by Gasteiger charge is -2.08. The van der Waals surface area contributed by atoms with E-state index in [2.05, 4.69) is 5.32 Å². The van der Waals surface area contributed by atoms with Crippen LogP contribution in [0.5, 0.6) is 5.75 Å². The monoisotopic (exact) mass is 296 g/mol. The number of hydrogen-bond acceptors (Lipinski definition) is 6. The lowest BCUT2D eigenvalue weighted by atomic mass is 10.2. The minimum atomic E-state index is -0.668. The summed E-state index contributed by atoms with van der Waals surface area (Å²) in [6.45, 7) is 0.621. The van der Waals surface area contributed by atoms with Crippen LogP contribution in [0.2, 0.25) is 0 Å². The number of carbonyl (C=O) groups excluding carboxylic acids is 2. The summed E-state index contributed by atoms with van der Waals surface area (Å²) in [5, 5.41) is 13.5. The lowest BCUT2D eigenvalue weighted by molar-refractivity contribution is -0.385. The van der Waals surface area contributed by atoms with Crippen molar-refractivity contribution in [3.63, 3.8) is 0 Å². The van der Waals surface area contributed by atoms with Crippen molar-refractivity contribution in [2.45, 2.75) is 6.42 Å². The first-order chi connectivity index (χ1) is 10.1. The number of aldehydes is 1. The Morgan fingerprint density at radius 1 is 1.48 bits per heavy atom. The van der Waals surface area contributed by atoms with E-state index >= 15 is 0 Å². The zero-order valence-electron chi connectivity index (χ0n) is 11.5. The Labute approximate surface area is 121 Å². The molecule has 0 radical (unpaired) electrons. The fraction of sp³-hybridized carbons (Fsp3) is 0.385. The van der Waals surface area contributed by atoms with Crippen LogP contribution in [-0.2, 0) is 9.53 Å². The summed E-state index contributed by atoms with van der Waals surface area (Å²) in [4.78, 5) is 32.3. The molecule has 0 aliphatic carbocycles. The number of carbonyl (C=O) groups is 2. The Bertz CT molecular complexity index is 517. The van der Waals surface area contributed by atoms with Gasteiger partial charge in [0.25, 0.3) is 5.91 Å². The third-order valence-electron chi connectivity index (χ3n) is 2.52. The number of nitrogens with one attached hydrogen (secondary N) is 1. The Kier molecular flexibility index (Phi) is 6.82. The molecule has 1 aromatic carbocycles. The second kappa shape index (κ2) is 8.64. The molecule has 0 fully saturated rings. The zero-order chi connectivity index (χ0) is 15.7. The molecule has 8 nitrogen and oxygen atoms in total. The average molecular weight is 296 g/mol. The van der Waals surface area contributed by atoms with Crippen molar-refractivity contribution in [3.05, 3.63) is 33.9 Å². The first kappa shape index (κ1) is 16.6. The summed E-state index contributed by atoms with van der Waals surface area (Å²) in [6.07, 6.45) is 1.16. The Hall–Kier alpha value is -2.48. The third kappa shape index (κ3) is 5.57. The fourth-order valence-electron chi connectivity index (χ4n) is 1.51. The molecule has 0 saturated carbocycles. The minimum absolute atomic E-state index is 0.0577. The Morgan fingerprint density at radius 3 is 2.86 bits per heavy atom. The summed E-state index contributed by atoms with van der Waals surface area (Å²) in [6, 6.07) is 3.77. The van der Waals surface area contributed by atoms with Crippen LogP contribution in [0, 0.1) is 10.1 Å². The Morgan fingerprint density at radius 2 is 2.24 bits per heavy atom. The molecular weight excluding hydrogens is 280 g/mol. The van der Waals surface area contributed by atoms with Gasteiger partial charge in [0, 0.05) is 31.9 Å². The summed E-state index contributed by atoms with van der Waals surface area (Å²) in [5.74, 6) is -0.447. The second-order valence-electron chi connectivity index (χ2n) is 4.09. The molecule has 0 atom stereocenters. The minimum Gasteiger partial charge on any atom is -0.477 e. The van der Waals surface area contributed by atoms with Crippen molar-refractivity contribution in [2.75, 3.05) is 26.9 Å². The highest BCUT2D eigenvalue weighted by atomic mass is 16.6. The molecule has 0 aliphatic heterocycles. The van der Waals surface area contributed by atoms with Gasteiger partial charge in [-0.2, -0.15) is 0 Å². The van der Waals surface area contributed by atoms with Gasteiger partial charge >= 0.3 is 5.69 Å². The third-order valence-corrected chi connectivity index (χ3v) is 2.52. The van der Waals surface area contributed by atoms with Crippen LogP contribution >= 0.6 is 0 Å². The molecular formula is C13H16N2O6. The van der Waals surface area contributed by atoms with Gasteiger partial charge in [-0.3, -0.25) is 19.7 Å². The maximum absolute atomic E-state index is 11.5. The van der Waals surface area contributed by atoms with Crippen LogP contribution in [0.25, 0.3) is 0 Å². The molecule has 8 heteroatoms. The molecule has 0 heterocycles. The van der Waals surface area contributed by atoms with Crippen LogP contribution in [0.15, 0.2) is 18.2 Å². The van der Waals surface area contributed by atoms with E-state index in [9.17, 15) is 19.7 Å². The van der Waals surface area contributed by atoms with E-state index in [1.165, 1.54) is 12.1 Å². The molecule has 0 spiro atoms. The van der Waals surface area contributed by atoms with Gasteiger partial charge in [-0.1, -0.05) is 0 Å². The first-order valence-electron chi connectivity index (χ1n) is 6.20. The molecule has 1 rings (SSSR count). The molecule has 0 aliphatic rings. The number of amides is 1. The van der Waals surface area contributed by atoms with Gasteiger partial charge in [-0.15, -0.1) is 0 Å². The van der Waals surface area contributed by atoms with Gasteiger partial charge < -0.3 is 14.8 Å². The highest BCUT2D eigenvalue weighted by Crippen LogP contribution is 2.27. The largest absolute Gasteiger partial charge is 0.477 e. The van der Waals surface area contributed by atoms with Gasteiger partial charge in [0.1, 0.15) is 6.29 Å². The second-order valence-corrected chi connectivity index (χ2v) is 4.09. The van der Waals surface area contributed by atoms with Crippen molar-refractivity contribution in [2.24, 2.45) is 0 Å². The number of nitro groups is 1. The van der Waals surface area contributed by atoms with Crippen LogP contribution in [0.1, 0.15) is 16.8 Å². The van der Waals surface area contributed by atoms with E-state index in [4.69, 9.17) is 9.47 Å². The normalized spacial score (nSPS) is 9.95.